The Kier molecular flexibility index (Phi) is 5.23. The summed E-state index contributed by atoms with van der Waals surface area (Å²) in [6.45, 7) is 8.56. The Morgan fingerprint density at radius 3 is 2.48 bits per heavy atom. The Labute approximate surface area is 131 Å². The molecule has 0 saturated carbocycles. The molecule has 3 rings (SSSR count). The van der Waals surface area contributed by atoms with Gasteiger partial charge in [-0.3, -0.25) is 4.90 Å². The molecule has 3 heteroatoms. The number of nitrogens with one attached hydrogen (secondary N) is 1. The van der Waals surface area contributed by atoms with Gasteiger partial charge in [-0.1, -0.05) is 26.7 Å². The standard InChI is InChI=1S/C18H35N3/c1-4-14(2)18-13-21(10-6-9-19-18)17-11-15-7-5-8-16(12-17)20(15)3/h14-19H,4-13H2,1-3H3. The summed E-state index contributed by atoms with van der Waals surface area (Å²) in [4.78, 5) is 5.55. The van der Waals surface area contributed by atoms with Crippen molar-refractivity contribution in [2.75, 3.05) is 26.7 Å². The first-order valence-corrected chi connectivity index (χ1v) is 9.38. The quantitative estimate of drug-likeness (QED) is 0.863. The summed E-state index contributed by atoms with van der Waals surface area (Å²) in [5, 5.41) is 3.81. The minimum Gasteiger partial charge on any atom is -0.312 e. The van der Waals surface area contributed by atoms with Crippen molar-refractivity contribution in [1.29, 1.82) is 0 Å². The van der Waals surface area contributed by atoms with E-state index in [9.17, 15) is 0 Å². The van der Waals surface area contributed by atoms with Gasteiger partial charge in [-0.05, 0) is 58.2 Å². The minimum absolute atomic E-state index is 0.706. The summed E-state index contributed by atoms with van der Waals surface area (Å²) in [7, 11) is 2.37. The fourth-order valence-corrected chi connectivity index (χ4v) is 4.86. The minimum atomic E-state index is 0.706. The van der Waals surface area contributed by atoms with E-state index in [1.165, 1.54) is 64.6 Å². The van der Waals surface area contributed by atoms with Gasteiger partial charge in [0.1, 0.15) is 0 Å². The SMILES string of the molecule is CCC(C)C1CN(C2CC3CCCC(C2)N3C)CCCN1. The van der Waals surface area contributed by atoms with E-state index in [0.29, 0.717) is 6.04 Å². The molecule has 3 fully saturated rings. The first kappa shape index (κ1) is 15.8. The van der Waals surface area contributed by atoms with Crippen LogP contribution in [-0.2, 0) is 0 Å². The lowest BCUT2D eigenvalue weighted by atomic mass is 9.81. The maximum Gasteiger partial charge on any atom is 0.0220 e. The smallest absolute Gasteiger partial charge is 0.0220 e. The molecule has 3 nitrogen and oxygen atoms in total. The molecule has 0 amide bonds. The zero-order valence-electron chi connectivity index (χ0n) is 14.4. The van der Waals surface area contributed by atoms with Gasteiger partial charge in [0, 0.05) is 30.7 Å². The van der Waals surface area contributed by atoms with Crippen molar-refractivity contribution >= 4 is 0 Å². The van der Waals surface area contributed by atoms with E-state index in [4.69, 9.17) is 0 Å². The predicted octanol–water partition coefficient (Wildman–Crippen LogP) is 2.71. The van der Waals surface area contributed by atoms with E-state index in [0.717, 1.165) is 24.0 Å². The van der Waals surface area contributed by atoms with E-state index in [1.54, 1.807) is 0 Å². The second kappa shape index (κ2) is 6.97. The van der Waals surface area contributed by atoms with E-state index in [-0.39, 0.29) is 0 Å². The van der Waals surface area contributed by atoms with Crippen LogP contribution < -0.4 is 5.32 Å². The van der Waals surface area contributed by atoms with Crippen LogP contribution in [0, 0.1) is 5.92 Å². The number of piperidine rings is 2. The average molecular weight is 293 g/mol. The Bertz CT molecular complexity index is 318. The maximum atomic E-state index is 3.81. The first-order chi connectivity index (χ1) is 10.2. The monoisotopic (exact) mass is 293 g/mol. The van der Waals surface area contributed by atoms with Gasteiger partial charge in [-0.15, -0.1) is 0 Å². The van der Waals surface area contributed by atoms with Gasteiger partial charge in [-0.2, -0.15) is 0 Å². The van der Waals surface area contributed by atoms with Crippen LogP contribution in [0.1, 0.15) is 58.8 Å². The lowest BCUT2D eigenvalue weighted by molar-refractivity contribution is 0.00711. The molecule has 1 N–H and O–H groups in total. The van der Waals surface area contributed by atoms with Crippen LogP contribution in [0.5, 0.6) is 0 Å². The number of fused-ring (bicyclic) bond motifs is 2. The molecule has 3 heterocycles. The average Bonchev–Trinajstić information content (AvgIpc) is 2.72. The summed E-state index contributed by atoms with van der Waals surface area (Å²) in [6, 6.07) is 3.28. The number of hydrogen-bond donors (Lipinski definition) is 1. The van der Waals surface area contributed by atoms with Gasteiger partial charge in [0.2, 0.25) is 0 Å². The molecule has 3 aliphatic rings. The van der Waals surface area contributed by atoms with Crippen molar-refractivity contribution in [3.8, 4) is 0 Å². The molecule has 122 valence electrons. The zero-order chi connectivity index (χ0) is 14.8. The van der Waals surface area contributed by atoms with Gasteiger partial charge in [-0.25, -0.2) is 0 Å². The second-order valence-electron chi connectivity index (χ2n) is 7.82. The summed E-state index contributed by atoms with van der Waals surface area (Å²) in [5.41, 5.74) is 0. The molecule has 0 aromatic carbocycles. The van der Waals surface area contributed by atoms with Gasteiger partial charge in [0.15, 0.2) is 0 Å². The highest BCUT2D eigenvalue weighted by Gasteiger charge is 2.39. The molecule has 0 radical (unpaired) electrons. The lowest BCUT2D eigenvalue weighted by Crippen LogP contribution is -2.56. The van der Waals surface area contributed by atoms with E-state index < -0.39 is 0 Å². The Morgan fingerprint density at radius 2 is 1.81 bits per heavy atom. The third kappa shape index (κ3) is 3.46. The second-order valence-corrected chi connectivity index (χ2v) is 7.82. The molecule has 0 aromatic heterocycles. The normalized spacial score (nSPS) is 40.7. The van der Waals surface area contributed by atoms with Crippen LogP contribution in [0.3, 0.4) is 0 Å². The summed E-state index contributed by atoms with van der Waals surface area (Å²) in [6.07, 6.45) is 9.79. The van der Waals surface area contributed by atoms with Crippen LogP contribution in [0.25, 0.3) is 0 Å². The van der Waals surface area contributed by atoms with Crippen molar-refractivity contribution in [2.45, 2.75) is 83.0 Å². The fraction of sp³-hybridized carbons (Fsp3) is 1.00. The molecule has 0 spiro atoms. The summed E-state index contributed by atoms with van der Waals surface area (Å²) < 4.78 is 0. The molecule has 0 aliphatic carbocycles. The van der Waals surface area contributed by atoms with E-state index in [1.807, 2.05) is 0 Å². The zero-order valence-corrected chi connectivity index (χ0v) is 14.4. The molecule has 3 aliphatic heterocycles. The number of hydrogen-bond acceptors (Lipinski definition) is 3. The van der Waals surface area contributed by atoms with Crippen LogP contribution in [-0.4, -0.2) is 60.6 Å². The van der Waals surface area contributed by atoms with Gasteiger partial charge in [0.05, 0.1) is 0 Å². The van der Waals surface area contributed by atoms with Crippen molar-refractivity contribution in [3.05, 3.63) is 0 Å². The molecule has 3 saturated heterocycles. The van der Waals surface area contributed by atoms with Gasteiger partial charge < -0.3 is 10.2 Å². The maximum absolute atomic E-state index is 3.81. The van der Waals surface area contributed by atoms with Crippen LogP contribution in [0.15, 0.2) is 0 Å². The molecular weight excluding hydrogens is 258 g/mol. The highest BCUT2D eigenvalue weighted by Crippen LogP contribution is 2.35. The van der Waals surface area contributed by atoms with Crippen molar-refractivity contribution < 1.29 is 0 Å². The highest BCUT2D eigenvalue weighted by molar-refractivity contribution is 4.96. The molecule has 21 heavy (non-hydrogen) atoms. The Balaban J connectivity index is 1.65. The fourth-order valence-electron chi connectivity index (χ4n) is 4.86. The number of nitrogens with zero attached hydrogens (tertiary/aromatic N) is 2. The van der Waals surface area contributed by atoms with Gasteiger partial charge >= 0.3 is 0 Å². The molecule has 0 aromatic rings. The third-order valence-electron chi connectivity index (χ3n) is 6.62. The first-order valence-electron chi connectivity index (χ1n) is 9.38. The molecule has 2 bridgehead atoms. The summed E-state index contributed by atoms with van der Waals surface area (Å²) >= 11 is 0. The topological polar surface area (TPSA) is 18.5 Å². The molecule has 4 atom stereocenters. The van der Waals surface area contributed by atoms with Crippen LogP contribution in [0.4, 0.5) is 0 Å². The third-order valence-corrected chi connectivity index (χ3v) is 6.62. The lowest BCUT2D eigenvalue weighted by Gasteiger charge is -2.50. The molecule has 4 unspecified atom stereocenters. The van der Waals surface area contributed by atoms with Crippen LogP contribution in [0.2, 0.25) is 0 Å². The van der Waals surface area contributed by atoms with Crippen molar-refractivity contribution in [2.24, 2.45) is 5.92 Å². The summed E-state index contributed by atoms with van der Waals surface area (Å²) in [5.74, 6) is 0.802. The number of rotatable bonds is 3. The van der Waals surface area contributed by atoms with Gasteiger partial charge in [0.25, 0.3) is 0 Å². The highest BCUT2D eigenvalue weighted by atomic mass is 15.2. The van der Waals surface area contributed by atoms with E-state index in [2.05, 4.69) is 36.0 Å². The van der Waals surface area contributed by atoms with E-state index >= 15 is 0 Å². The predicted molar refractivity (Wildman–Crippen MR) is 89.6 cm³/mol. The van der Waals surface area contributed by atoms with Crippen LogP contribution >= 0.6 is 0 Å². The largest absolute Gasteiger partial charge is 0.312 e. The van der Waals surface area contributed by atoms with Crippen molar-refractivity contribution in [3.63, 3.8) is 0 Å². The van der Waals surface area contributed by atoms with Crippen molar-refractivity contribution in [1.82, 2.24) is 15.1 Å². The Morgan fingerprint density at radius 1 is 1.10 bits per heavy atom. The molecular formula is C18H35N3. The Hall–Kier alpha value is -0.120.